The average Bonchev–Trinajstić information content (AvgIpc) is 2.70. The Bertz CT molecular complexity index is 1290. The number of hydrogen-bond donors (Lipinski definition) is 0. The van der Waals surface area contributed by atoms with Crippen molar-refractivity contribution in [3.05, 3.63) is 58.1 Å². The molecular weight excluding hydrogens is 586 g/mol. The normalized spacial score (nSPS) is 14.7. The fourth-order valence-electron chi connectivity index (χ4n) is 3.33. The number of alkyl halides is 14. The van der Waals surface area contributed by atoms with Gasteiger partial charge in [0, 0.05) is 15.6 Å². The van der Waals surface area contributed by atoms with Crippen LogP contribution in [0.15, 0.2) is 46.9 Å². The third kappa shape index (κ3) is 3.89. The van der Waals surface area contributed by atoms with Gasteiger partial charge in [0.1, 0.15) is 0 Å². The van der Waals surface area contributed by atoms with E-state index in [4.69, 9.17) is 0 Å². The minimum Gasteiger partial charge on any atom is -0.194 e. The lowest BCUT2D eigenvalue weighted by atomic mass is 9.85. The monoisotopic (exact) mass is 592 g/mol. The van der Waals surface area contributed by atoms with Gasteiger partial charge in [-0.15, -0.1) is 0 Å². The molecule has 0 amide bonds. The van der Waals surface area contributed by atoms with Crippen molar-refractivity contribution in [2.24, 2.45) is 0 Å². The van der Waals surface area contributed by atoms with Crippen molar-refractivity contribution in [3.8, 4) is 0 Å². The highest BCUT2D eigenvalue weighted by atomic mass is 79.9. The Morgan fingerprint density at radius 1 is 0.514 bits per heavy atom. The molecule has 0 aliphatic heterocycles. The molecule has 0 bridgehead atoms. The third-order valence-electron chi connectivity index (χ3n) is 5.11. The second kappa shape index (κ2) is 7.84. The molecule has 15 heteroatoms. The van der Waals surface area contributed by atoms with E-state index in [1.807, 2.05) is 0 Å². The van der Waals surface area contributed by atoms with E-state index < -0.39 is 68.5 Å². The molecule has 3 aromatic carbocycles. The summed E-state index contributed by atoms with van der Waals surface area (Å²) in [5.74, 6) is -27.7. The van der Waals surface area contributed by atoms with E-state index in [1.165, 1.54) is 18.2 Å². The van der Waals surface area contributed by atoms with Crippen molar-refractivity contribution in [2.75, 3.05) is 0 Å². The molecule has 3 aromatic rings. The average molecular weight is 593 g/mol. The first kappa shape index (κ1) is 27.3. The van der Waals surface area contributed by atoms with Crippen molar-refractivity contribution >= 4 is 37.5 Å². The van der Waals surface area contributed by atoms with Crippen LogP contribution in [0.3, 0.4) is 0 Å². The summed E-state index contributed by atoms with van der Waals surface area (Å²) in [6, 6.07) is 5.81. The molecule has 0 aromatic heterocycles. The van der Waals surface area contributed by atoms with Gasteiger partial charge in [-0.3, -0.25) is 0 Å². The maximum atomic E-state index is 14.8. The van der Waals surface area contributed by atoms with Crippen LogP contribution < -0.4 is 0 Å². The summed E-state index contributed by atoms with van der Waals surface area (Å²) in [5, 5.41) is -2.34. The summed E-state index contributed by atoms with van der Waals surface area (Å²) < 4.78 is 190. The molecule has 0 unspecified atom stereocenters. The van der Waals surface area contributed by atoms with E-state index in [0.29, 0.717) is 6.07 Å². The third-order valence-corrected chi connectivity index (χ3v) is 5.76. The zero-order valence-corrected chi connectivity index (χ0v) is 17.8. The molecule has 0 heterocycles. The van der Waals surface area contributed by atoms with E-state index in [1.54, 1.807) is 0 Å². The maximum absolute atomic E-state index is 14.8. The lowest BCUT2D eigenvalue weighted by molar-refractivity contribution is -0.366. The molecular formula is C20H7BrF14. The van der Waals surface area contributed by atoms with E-state index >= 15 is 0 Å². The Morgan fingerprint density at radius 3 is 1.34 bits per heavy atom. The highest BCUT2D eigenvalue weighted by molar-refractivity contribution is 9.10. The van der Waals surface area contributed by atoms with Crippen LogP contribution in [-0.2, 0) is 11.8 Å². The van der Waals surface area contributed by atoms with Crippen LogP contribution in [0.25, 0.3) is 21.5 Å². The molecule has 0 aliphatic rings. The number of hydrogen-bond acceptors (Lipinski definition) is 0. The zero-order valence-electron chi connectivity index (χ0n) is 16.2. The Hall–Kier alpha value is -2.32. The SMILES string of the molecule is FC(F)(F)C(F)(F)C(F)(F)c1cc(Br)c2cc3ccccc3cc2c1C(F)(F)C(F)(F)C(F)(F)F. The van der Waals surface area contributed by atoms with Gasteiger partial charge >= 0.3 is 36.0 Å². The van der Waals surface area contributed by atoms with E-state index in [9.17, 15) is 61.5 Å². The maximum Gasteiger partial charge on any atom is 0.460 e. The van der Waals surface area contributed by atoms with Crippen molar-refractivity contribution < 1.29 is 61.5 Å². The summed E-state index contributed by atoms with van der Waals surface area (Å²) >= 11 is 2.52. The van der Waals surface area contributed by atoms with Gasteiger partial charge in [-0.25, -0.2) is 0 Å². The lowest BCUT2D eigenvalue weighted by Gasteiger charge is -2.35. The van der Waals surface area contributed by atoms with Gasteiger partial charge in [0.15, 0.2) is 0 Å². The smallest absolute Gasteiger partial charge is 0.194 e. The van der Waals surface area contributed by atoms with E-state index in [2.05, 4.69) is 15.9 Å². The molecule has 0 radical (unpaired) electrons. The highest BCUT2D eigenvalue weighted by Gasteiger charge is 2.78. The Labute approximate surface area is 193 Å². The predicted octanol–water partition coefficient (Wildman–Crippen LogP) is 9.33. The van der Waals surface area contributed by atoms with Crippen LogP contribution in [0.1, 0.15) is 11.1 Å². The van der Waals surface area contributed by atoms with Crippen LogP contribution in [0.2, 0.25) is 0 Å². The number of halogens is 15. The van der Waals surface area contributed by atoms with Crippen LogP contribution in [0.5, 0.6) is 0 Å². The fourth-order valence-corrected chi connectivity index (χ4v) is 3.89. The molecule has 192 valence electrons. The first-order valence-electron chi connectivity index (χ1n) is 8.89. The molecule has 35 heavy (non-hydrogen) atoms. The van der Waals surface area contributed by atoms with Gasteiger partial charge in [0.2, 0.25) is 0 Å². The second-order valence-electron chi connectivity index (χ2n) is 7.32. The number of benzene rings is 3. The van der Waals surface area contributed by atoms with Crippen LogP contribution in [0, 0.1) is 0 Å². The number of fused-ring (bicyclic) bond motifs is 2. The summed E-state index contributed by atoms with van der Waals surface area (Å²) in [4.78, 5) is 0. The largest absolute Gasteiger partial charge is 0.460 e. The zero-order chi connectivity index (χ0) is 27.0. The second-order valence-corrected chi connectivity index (χ2v) is 8.17. The van der Waals surface area contributed by atoms with E-state index in [0.717, 1.165) is 12.1 Å². The molecule has 0 nitrogen and oxygen atoms in total. The summed E-state index contributed by atoms with van der Waals surface area (Å²) in [5.41, 5.74) is -6.10. The highest BCUT2D eigenvalue weighted by Crippen LogP contribution is 2.59. The van der Waals surface area contributed by atoms with Gasteiger partial charge in [-0.1, -0.05) is 40.2 Å². The van der Waals surface area contributed by atoms with Crippen molar-refractivity contribution in [3.63, 3.8) is 0 Å². The van der Waals surface area contributed by atoms with Crippen LogP contribution in [0.4, 0.5) is 61.5 Å². The first-order chi connectivity index (χ1) is 15.6. The molecule has 0 spiro atoms. The Kier molecular flexibility index (Phi) is 6.11. The van der Waals surface area contributed by atoms with Gasteiger partial charge in [-0.2, -0.15) is 61.5 Å². The van der Waals surface area contributed by atoms with Gasteiger partial charge < -0.3 is 0 Å². The van der Waals surface area contributed by atoms with E-state index in [-0.39, 0.29) is 10.8 Å². The van der Waals surface area contributed by atoms with Crippen LogP contribution in [-0.4, -0.2) is 24.2 Å². The molecule has 0 atom stereocenters. The van der Waals surface area contributed by atoms with Crippen molar-refractivity contribution in [1.82, 2.24) is 0 Å². The Morgan fingerprint density at radius 2 is 0.914 bits per heavy atom. The first-order valence-corrected chi connectivity index (χ1v) is 9.69. The van der Waals surface area contributed by atoms with Gasteiger partial charge in [0.05, 0.1) is 0 Å². The van der Waals surface area contributed by atoms with Gasteiger partial charge in [-0.05, 0) is 39.7 Å². The number of rotatable bonds is 4. The molecule has 0 saturated carbocycles. The molecule has 0 aliphatic carbocycles. The quantitative estimate of drug-likeness (QED) is 0.209. The molecule has 0 fully saturated rings. The van der Waals surface area contributed by atoms with Gasteiger partial charge in [0.25, 0.3) is 0 Å². The minimum atomic E-state index is -7.15. The summed E-state index contributed by atoms with van der Waals surface area (Å²) in [7, 11) is 0. The fraction of sp³-hybridized carbons (Fsp3) is 0.300. The predicted molar refractivity (Wildman–Crippen MR) is 98.9 cm³/mol. The molecule has 0 saturated heterocycles. The topological polar surface area (TPSA) is 0 Å². The standard InChI is InChI=1S/C20H7BrF14/c21-13-7-12(15(22,23)17(26,27)19(30,31)32)14(16(24,25)18(28,29)20(33,34)35)11-6-9-4-2-1-3-8(9)5-10(11)13/h1-7H. The molecule has 3 rings (SSSR count). The van der Waals surface area contributed by atoms with Crippen molar-refractivity contribution in [1.29, 1.82) is 0 Å². The Balaban J connectivity index is 2.60. The van der Waals surface area contributed by atoms with Crippen molar-refractivity contribution in [2.45, 2.75) is 36.0 Å². The minimum absolute atomic E-state index is 0.123. The summed E-state index contributed by atoms with van der Waals surface area (Å²) in [6.07, 6.45) is -14.2. The van der Waals surface area contributed by atoms with Crippen LogP contribution >= 0.6 is 15.9 Å². The lowest BCUT2D eigenvalue weighted by Crippen LogP contribution is -2.53. The molecule has 0 N–H and O–H groups in total. The summed E-state index contributed by atoms with van der Waals surface area (Å²) in [6.45, 7) is 0.